The van der Waals surface area contributed by atoms with Crippen molar-refractivity contribution in [3.05, 3.63) is 0 Å². The Morgan fingerprint density at radius 1 is 0.391 bits per heavy atom. The molecule has 0 amide bonds. The minimum Gasteiger partial charge on any atom is -0.462 e. The summed E-state index contributed by atoms with van der Waals surface area (Å²) in [5.41, 5.74) is 0. The number of carbonyl (C=O) groups excluding carboxylic acids is 2. The standard InChI is InChI=1S/C42H78O4/c1-3-5-7-9-15-21-27-37-35-39(37)29-23-17-12-11-13-19-25-31-41(43)45-33-34-46-42(44)32-26-20-14-18-24-30-40-36-38(40)28-22-16-10-8-6-4-2/h37-40H,3-36H2,1-2H3. The maximum absolute atomic E-state index is 12.0. The van der Waals surface area contributed by atoms with E-state index in [1.54, 1.807) is 0 Å². The molecule has 4 unspecified atom stereocenters. The normalized spacial score (nSPS) is 20.1. The zero-order valence-corrected chi connectivity index (χ0v) is 31.0. The van der Waals surface area contributed by atoms with Gasteiger partial charge in [0.25, 0.3) is 0 Å². The van der Waals surface area contributed by atoms with Crippen molar-refractivity contribution < 1.29 is 19.1 Å². The minimum absolute atomic E-state index is 0.156. The summed E-state index contributed by atoms with van der Waals surface area (Å²) < 4.78 is 10.5. The van der Waals surface area contributed by atoms with Gasteiger partial charge < -0.3 is 9.47 Å². The van der Waals surface area contributed by atoms with Crippen LogP contribution in [-0.2, 0) is 19.1 Å². The monoisotopic (exact) mass is 647 g/mol. The van der Waals surface area contributed by atoms with E-state index in [9.17, 15) is 9.59 Å². The molecule has 2 fully saturated rings. The molecule has 0 aliphatic heterocycles. The summed E-state index contributed by atoms with van der Waals surface area (Å²) >= 11 is 0. The van der Waals surface area contributed by atoms with E-state index in [1.165, 1.54) is 167 Å². The number of unbranched alkanes of at least 4 members (excludes halogenated alkanes) is 20. The highest BCUT2D eigenvalue weighted by molar-refractivity contribution is 5.70. The van der Waals surface area contributed by atoms with Gasteiger partial charge in [0.2, 0.25) is 0 Å². The molecule has 4 nitrogen and oxygen atoms in total. The molecule has 2 saturated carbocycles. The second-order valence-corrected chi connectivity index (χ2v) is 15.4. The van der Waals surface area contributed by atoms with Gasteiger partial charge in [0.05, 0.1) is 0 Å². The molecule has 0 aromatic carbocycles. The summed E-state index contributed by atoms with van der Waals surface area (Å²) in [6.07, 6.45) is 41.4. The number of carbonyl (C=O) groups is 2. The second-order valence-electron chi connectivity index (χ2n) is 15.4. The van der Waals surface area contributed by atoms with E-state index in [1.807, 2.05) is 0 Å². The van der Waals surface area contributed by atoms with Gasteiger partial charge in [-0.05, 0) is 49.4 Å². The molecule has 4 atom stereocenters. The average Bonchev–Trinajstić information content (AvgIpc) is 3.98. The van der Waals surface area contributed by atoms with E-state index in [2.05, 4.69) is 13.8 Å². The molecule has 0 bridgehead atoms. The fourth-order valence-electron chi connectivity index (χ4n) is 7.63. The molecular weight excluding hydrogens is 568 g/mol. The van der Waals surface area contributed by atoms with Crippen LogP contribution < -0.4 is 0 Å². The number of esters is 2. The minimum atomic E-state index is -0.157. The van der Waals surface area contributed by atoms with Crippen molar-refractivity contribution in [2.24, 2.45) is 23.7 Å². The van der Waals surface area contributed by atoms with E-state index in [-0.39, 0.29) is 25.2 Å². The SMILES string of the molecule is CCCCCCCCC1CC1CCCCCCCCCC(=O)OCCOC(=O)CCCCCCCC1CC1CCCCCCCC. The van der Waals surface area contributed by atoms with Crippen molar-refractivity contribution in [3.8, 4) is 0 Å². The van der Waals surface area contributed by atoms with Crippen molar-refractivity contribution in [2.45, 2.75) is 219 Å². The van der Waals surface area contributed by atoms with Gasteiger partial charge in [0, 0.05) is 12.8 Å². The molecule has 4 heteroatoms. The van der Waals surface area contributed by atoms with E-state index < -0.39 is 0 Å². The summed E-state index contributed by atoms with van der Waals surface area (Å²) in [6.45, 7) is 4.95. The molecule has 0 aromatic heterocycles. The van der Waals surface area contributed by atoms with E-state index >= 15 is 0 Å². The first-order valence-electron chi connectivity index (χ1n) is 20.9. The first-order valence-corrected chi connectivity index (χ1v) is 20.9. The fourth-order valence-corrected chi connectivity index (χ4v) is 7.63. The van der Waals surface area contributed by atoms with Crippen LogP contribution in [0.1, 0.15) is 219 Å². The Hall–Kier alpha value is -1.06. The zero-order chi connectivity index (χ0) is 32.9. The Morgan fingerprint density at radius 2 is 0.652 bits per heavy atom. The van der Waals surface area contributed by atoms with Gasteiger partial charge in [-0.1, -0.05) is 181 Å². The smallest absolute Gasteiger partial charge is 0.305 e. The predicted octanol–water partition coefficient (Wildman–Crippen LogP) is 13.1. The summed E-state index contributed by atoms with van der Waals surface area (Å²) in [5.74, 6) is 3.85. The molecule has 2 rings (SSSR count). The van der Waals surface area contributed by atoms with Crippen LogP contribution in [-0.4, -0.2) is 25.2 Å². The van der Waals surface area contributed by atoms with Crippen molar-refractivity contribution in [1.29, 1.82) is 0 Å². The first kappa shape index (κ1) is 41.1. The Balaban J connectivity index is 1.23. The second kappa shape index (κ2) is 28.9. The summed E-state index contributed by atoms with van der Waals surface area (Å²) in [5, 5.41) is 0. The van der Waals surface area contributed by atoms with Gasteiger partial charge in [-0.3, -0.25) is 9.59 Å². The van der Waals surface area contributed by atoms with Crippen molar-refractivity contribution in [3.63, 3.8) is 0 Å². The Morgan fingerprint density at radius 3 is 0.957 bits per heavy atom. The van der Waals surface area contributed by atoms with Crippen LogP contribution >= 0.6 is 0 Å². The van der Waals surface area contributed by atoms with Crippen LogP contribution in [0.5, 0.6) is 0 Å². The quantitative estimate of drug-likeness (QED) is 0.0508. The summed E-state index contributed by atoms with van der Waals surface area (Å²) in [6, 6.07) is 0. The van der Waals surface area contributed by atoms with Gasteiger partial charge in [-0.25, -0.2) is 0 Å². The van der Waals surface area contributed by atoms with Crippen molar-refractivity contribution in [1.82, 2.24) is 0 Å². The number of rotatable bonds is 35. The molecule has 2 aliphatic rings. The molecule has 0 heterocycles. The van der Waals surface area contributed by atoms with Gasteiger partial charge in [0.1, 0.15) is 13.2 Å². The third-order valence-electron chi connectivity index (χ3n) is 11.0. The average molecular weight is 647 g/mol. The van der Waals surface area contributed by atoms with E-state index in [0.717, 1.165) is 49.4 Å². The topological polar surface area (TPSA) is 52.6 Å². The molecule has 0 N–H and O–H groups in total. The lowest BCUT2D eigenvalue weighted by Crippen LogP contribution is -2.13. The molecule has 0 spiro atoms. The van der Waals surface area contributed by atoms with Gasteiger partial charge in [-0.2, -0.15) is 0 Å². The number of hydrogen-bond acceptors (Lipinski definition) is 4. The Bertz CT molecular complexity index is 720. The van der Waals surface area contributed by atoms with Crippen molar-refractivity contribution >= 4 is 11.9 Å². The third kappa shape index (κ3) is 24.1. The maximum atomic E-state index is 12.0. The Kier molecular flexibility index (Phi) is 25.8. The van der Waals surface area contributed by atoms with Crippen molar-refractivity contribution in [2.75, 3.05) is 13.2 Å². The number of ether oxygens (including phenoxy) is 2. The Labute approximate surface area is 286 Å². The van der Waals surface area contributed by atoms with Crippen LogP contribution in [0.3, 0.4) is 0 Å². The molecule has 0 aromatic rings. The highest BCUT2D eigenvalue weighted by Gasteiger charge is 2.35. The summed E-state index contributed by atoms with van der Waals surface area (Å²) in [7, 11) is 0. The number of hydrogen-bond donors (Lipinski definition) is 0. The van der Waals surface area contributed by atoms with E-state index in [0.29, 0.717) is 12.8 Å². The van der Waals surface area contributed by atoms with Crippen LogP contribution in [0.2, 0.25) is 0 Å². The lowest BCUT2D eigenvalue weighted by atomic mass is 10.0. The fraction of sp³-hybridized carbons (Fsp3) is 0.952. The largest absolute Gasteiger partial charge is 0.462 e. The molecule has 46 heavy (non-hydrogen) atoms. The zero-order valence-electron chi connectivity index (χ0n) is 31.0. The highest BCUT2D eigenvalue weighted by atomic mass is 16.6. The molecule has 270 valence electrons. The van der Waals surface area contributed by atoms with Crippen LogP contribution in [0.15, 0.2) is 0 Å². The van der Waals surface area contributed by atoms with Crippen LogP contribution in [0, 0.1) is 23.7 Å². The lowest BCUT2D eigenvalue weighted by Gasteiger charge is -2.07. The van der Waals surface area contributed by atoms with Crippen LogP contribution in [0.25, 0.3) is 0 Å². The molecular formula is C42H78O4. The highest BCUT2D eigenvalue weighted by Crippen LogP contribution is 2.46. The predicted molar refractivity (Wildman–Crippen MR) is 195 cm³/mol. The molecule has 0 saturated heterocycles. The van der Waals surface area contributed by atoms with Gasteiger partial charge >= 0.3 is 11.9 Å². The third-order valence-corrected chi connectivity index (χ3v) is 11.0. The molecule has 2 aliphatic carbocycles. The van der Waals surface area contributed by atoms with Gasteiger partial charge in [0.15, 0.2) is 0 Å². The van der Waals surface area contributed by atoms with Crippen LogP contribution in [0.4, 0.5) is 0 Å². The lowest BCUT2D eigenvalue weighted by molar-refractivity contribution is -0.152. The molecule has 0 radical (unpaired) electrons. The van der Waals surface area contributed by atoms with Gasteiger partial charge in [-0.15, -0.1) is 0 Å². The summed E-state index contributed by atoms with van der Waals surface area (Å²) in [4.78, 5) is 23.9. The van der Waals surface area contributed by atoms with E-state index in [4.69, 9.17) is 9.47 Å². The maximum Gasteiger partial charge on any atom is 0.305 e. The first-order chi connectivity index (χ1) is 22.6.